The summed E-state index contributed by atoms with van der Waals surface area (Å²) >= 11 is 0. The molecule has 3 heteroatoms. The van der Waals surface area contributed by atoms with Crippen molar-refractivity contribution in [3.8, 4) is 0 Å². The molecule has 52 valence electrons. The quantitative estimate of drug-likeness (QED) is 0.500. The molecule has 3 nitrogen and oxygen atoms in total. The topological polar surface area (TPSA) is 24.8 Å². The molecule has 0 aromatic heterocycles. The molecule has 1 heterocycles. The molecule has 1 aliphatic rings. The highest BCUT2D eigenvalue weighted by molar-refractivity contribution is 5.22. The smallest absolute Gasteiger partial charge is 0.100 e. The molecule has 0 amide bonds. The van der Waals surface area contributed by atoms with Crippen molar-refractivity contribution in [2.75, 3.05) is 26.6 Å². The van der Waals surface area contributed by atoms with Gasteiger partial charge in [-0.15, -0.1) is 0 Å². The van der Waals surface area contributed by atoms with E-state index in [2.05, 4.69) is 16.6 Å². The largest absolute Gasteiger partial charge is 0.366 e. The van der Waals surface area contributed by atoms with E-state index in [1.807, 2.05) is 0 Å². The molecule has 0 radical (unpaired) electrons. The van der Waals surface area contributed by atoms with Gasteiger partial charge in [0.15, 0.2) is 0 Å². The molecule has 0 bridgehead atoms. The lowest BCUT2D eigenvalue weighted by Gasteiger charge is -2.24. The summed E-state index contributed by atoms with van der Waals surface area (Å²) in [5.41, 5.74) is 0. The van der Waals surface area contributed by atoms with Crippen molar-refractivity contribution in [3.63, 3.8) is 0 Å². The average molecular weight is 128 g/mol. The number of ether oxygens (including phenoxy) is 1. The highest BCUT2D eigenvalue weighted by atomic mass is 16.5. The van der Waals surface area contributed by atoms with Gasteiger partial charge in [0.1, 0.15) is 6.73 Å². The van der Waals surface area contributed by atoms with Crippen LogP contribution in [0.15, 0.2) is 4.99 Å². The Balaban J connectivity index is 2.15. The van der Waals surface area contributed by atoms with Gasteiger partial charge < -0.3 is 4.74 Å². The fraction of sp³-hybridized carbons (Fsp3) is 0.833. The molecule has 9 heavy (non-hydrogen) atoms. The summed E-state index contributed by atoms with van der Waals surface area (Å²) in [7, 11) is 0. The second kappa shape index (κ2) is 3.58. The van der Waals surface area contributed by atoms with Crippen LogP contribution in [0.25, 0.3) is 0 Å². The van der Waals surface area contributed by atoms with Crippen LogP contribution in [0, 0.1) is 0 Å². The van der Waals surface area contributed by atoms with E-state index in [4.69, 9.17) is 4.74 Å². The maximum atomic E-state index is 5.17. The molecule has 1 rings (SSSR count). The Morgan fingerprint density at radius 2 is 2.56 bits per heavy atom. The summed E-state index contributed by atoms with van der Waals surface area (Å²) in [6.07, 6.45) is 1.12. The maximum absolute atomic E-state index is 5.17. The Morgan fingerprint density at radius 3 is 3.11 bits per heavy atom. The fourth-order valence-corrected chi connectivity index (χ4v) is 0.901. The van der Waals surface area contributed by atoms with Crippen LogP contribution in [0.2, 0.25) is 0 Å². The molecule has 0 spiro atoms. The first-order valence-electron chi connectivity index (χ1n) is 3.16. The van der Waals surface area contributed by atoms with Crippen molar-refractivity contribution in [1.29, 1.82) is 0 Å². The van der Waals surface area contributed by atoms with Crippen molar-refractivity contribution in [2.24, 2.45) is 4.99 Å². The fourth-order valence-electron chi connectivity index (χ4n) is 0.901. The van der Waals surface area contributed by atoms with Gasteiger partial charge in [-0.1, -0.05) is 0 Å². The Labute approximate surface area is 55.3 Å². The Kier molecular flexibility index (Phi) is 2.67. The van der Waals surface area contributed by atoms with Crippen LogP contribution < -0.4 is 0 Å². The van der Waals surface area contributed by atoms with Gasteiger partial charge >= 0.3 is 0 Å². The summed E-state index contributed by atoms with van der Waals surface area (Å²) in [6, 6.07) is 0. The molecule has 0 saturated carbocycles. The van der Waals surface area contributed by atoms with Gasteiger partial charge in [0.25, 0.3) is 0 Å². The molecular weight excluding hydrogens is 116 g/mol. The molecule has 0 aliphatic carbocycles. The zero-order chi connectivity index (χ0) is 6.53. The van der Waals surface area contributed by atoms with Crippen LogP contribution in [-0.2, 0) is 4.74 Å². The van der Waals surface area contributed by atoms with E-state index in [1.54, 1.807) is 0 Å². The summed E-state index contributed by atoms with van der Waals surface area (Å²) in [4.78, 5) is 5.88. The van der Waals surface area contributed by atoms with E-state index in [-0.39, 0.29) is 0 Å². The lowest BCUT2D eigenvalue weighted by Crippen LogP contribution is -2.32. The van der Waals surface area contributed by atoms with Crippen molar-refractivity contribution >= 4 is 6.72 Å². The van der Waals surface area contributed by atoms with Gasteiger partial charge in [-0.3, -0.25) is 9.89 Å². The van der Waals surface area contributed by atoms with Crippen LogP contribution in [-0.4, -0.2) is 38.2 Å². The monoisotopic (exact) mass is 128 g/mol. The number of aliphatic imine (C=N–C) groups is 1. The molecule has 0 atom stereocenters. The second-order valence-corrected chi connectivity index (χ2v) is 2.15. The van der Waals surface area contributed by atoms with E-state index in [1.165, 1.54) is 0 Å². The van der Waals surface area contributed by atoms with Gasteiger partial charge in [0, 0.05) is 13.2 Å². The van der Waals surface area contributed by atoms with Crippen LogP contribution in [0.1, 0.15) is 6.42 Å². The summed E-state index contributed by atoms with van der Waals surface area (Å²) in [5, 5.41) is 0. The van der Waals surface area contributed by atoms with E-state index < -0.39 is 0 Å². The highest BCUT2D eigenvalue weighted by Crippen LogP contribution is 1.99. The SMILES string of the molecule is C=NCN1CCCOC1. The molecular formula is C6H12N2O. The third-order valence-corrected chi connectivity index (χ3v) is 1.34. The molecule has 1 fully saturated rings. The third-order valence-electron chi connectivity index (χ3n) is 1.34. The highest BCUT2D eigenvalue weighted by Gasteiger charge is 2.07. The van der Waals surface area contributed by atoms with E-state index in [0.717, 1.165) is 26.3 Å². The standard InChI is InChI=1S/C6H12N2O/c1-7-5-8-3-2-4-9-6-8/h1-6H2. The predicted molar refractivity (Wildman–Crippen MR) is 36.6 cm³/mol. The number of rotatable bonds is 2. The molecule has 0 N–H and O–H groups in total. The van der Waals surface area contributed by atoms with Crippen LogP contribution in [0.3, 0.4) is 0 Å². The normalized spacial score (nSPS) is 21.8. The summed E-state index contributed by atoms with van der Waals surface area (Å²) in [6.45, 7) is 6.83. The summed E-state index contributed by atoms with van der Waals surface area (Å²) < 4.78 is 5.17. The Bertz CT molecular complexity index is 89.1. The van der Waals surface area contributed by atoms with Crippen LogP contribution in [0.4, 0.5) is 0 Å². The van der Waals surface area contributed by atoms with E-state index >= 15 is 0 Å². The lowest BCUT2D eigenvalue weighted by molar-refractivity contribution is -0.0113. The Hall–Kier alpha value is -0.410. The molecule has 0 aromatic rings. The second-order valence-electron chi connectivity index (χ2n) is 2.15. The third kappa shape index (κ3) is 2.11. The van der Waals surface area contributed by atoms with Gasteiger partial charge in [0.05, 0.1) is 6.67 Å². The van der Waals surface area contributed by atoms with E-state index in [9.17, 15) is 0 Å². The Morgan fingerprint density at radius 1 is 1.67 bits per heavy atom. The molecule has 0 aromatic carbocycles. The van der Waals surface area contributed by atoms with Crippen molar-refractivity contribution in [1.82, 2.24) is 4.90 Å². The minimum Gasteiger partial charge on any atom is -0.366 e. The maximum Gasteiger partial charge on any atom is 0.100 e. The zero-order valence-corrected chi connectivity index (χ0v) is 5.55. The number of hydrogen-bond acceptors (Lipinski definition) is 3. The minimum absolute atomic E-state index is 0.708. The molecule has 1 saturated heterocycles. The van der Waals surface area contributed by atoms with Crippen molar-refractivity contribution in [2.45, 2.75) is 6.42 Å². The minimum atomic E-state index is 0.708. The first-order valence-corrected chi connectivity index (χ1v) is 3.16. The zero-order valence-electron chi connectivity index (χ0n) is 5.55. The number of nitrogens with zero attached hydrogens (tertiary/aromatic N) is 2. The van der Waals surface area contributed by atoms with Gasteiger partial charge in [-0.2, -0.15) is 0 Å². The van der Waals surface area contributed by atoms with Crippen LogP contribution >= 0.6 is 0 Å². The molecule has 1 aliphatic heterocycles. The predicted octanol–water partition coefficient (Wildman–Crippen LogP) is 0.324. The van der Waals surface area contributed by atoms with Gasteiger partial charge in [-0.25, -0.2) is 0 Å². The first-order chi connectivity index (χ1) is 4.43. The summed E-state index contributed by atoms with van der Waals surface area (Å²) in [5.74, 6) is 0. The number of hydrogen-bond donors (Lipinski definition) is 0. The lowest BCUT2D eigenvalue weighted by atomic mass is 10.4. The van der Waals surface area contributed by atoms with Crippen molar-refractivity contribution in [3.05, 3.63) is 0 Å². The van der Waals surface area contributed by atoms with E-state index in [0.29, 0.717) is 6.67 Å². The first kappa shape index (κ1) is 6.71. The molecule has 0 unspecified atom stereocenters. The van der Waals surface area contributed by atoms with Gasteiger partial charge in [-0.05, 0) is 13.1 Å². The average Bonchev–Trinajstić information content (AvgIpc) is 1.91. The van der Waals surface area contributed by atoms with Crippen LogP contribution in [0.5, 0.6) is 0 Å². The van der Waals surface area contributed by atoms with Gasteiger partial charge in [0.2, 0.25) is 0 Å². The van der Waals surface area contributed by atoms with Crippen molar-refractivity contribution < 1.29 is 4.74 Å².